The van der Waals surface area contributed by atoms with Crippen LogP contribution in [0.4, 0.5) is 0 Å². The molecule has 50 heavy (non-hydrogen) atoms. The van der Waals surface area contributed by atoms with Gasteiger partial charge in [0.05, 0.1) is 0 Å². The molecule has 0 amide bonds. The summed E-state index contributed by atoms with van der Waals surface area (Å²) in [6, 6.07) is 34.8. The van der Waals surface area contributed by atoms with Crippen LogP contribution in [0.2, 0.25) is 0 Å². The van der Waals surface area contributed by atoms with E-state index in [1.807, 2.05) is 78.9 Å². The number of hydrogen-bond acceptors (Lipinski definition) is 8. The van der Waals surface area contributed by atoms with Crippen molar-refractivity contribution in [3.63, 3.8) is 0 Å². The van der Waals surface area contributed by atoms with Gasteiger partial charge in [0.25, 0.3) is 0 Å². The molecule has 0 radical (unpaired) electrons. The molecule has 0 saturated heterocycles. The third-order valence-corrected chi connectivity index (χ3v) is 9.58. The van der Waals surface area contributed by atoms with E-state index in [4.69, 9.17) is 4.42 Å². The van der Waals surface area contributed by atoms with Crippen LogP contribution in [0.3, 0.4) is 0 Å². The van der Waals surface area contributed by atoms with Crippen LogP contribution in [0.1, 0.15) is 0 Å². The van der Waals surface area contributed by atoms with Gasteiger partial charge in [-0.2, -0.15) is 0 Å². The Labute approximate surface area is 282 Å². The molecule has 0 aliphatic rings. The SMILES string of the molecule is Oc1cc2c(-c3cccc4oc5cc6ccccc6cc5c34)c3c(O)c(O)c(O)c(O)c3c(-c3ccccc3-c3ccccc3)c2c(O)c1O. The van der Waals surface area contributed by atoms with Crippen LogP contribution in [-0.2, 0) is 0 Å². The van der Waals surface area contributed by atoms with Crippen molar-refractivity contribution in [1.82, 2.24) is 0 Å². The minimum absolute atomic E-state index is 0.0150. The quantitative estimate of drug-likeness (QED) is 0.0562. The highest BCUT2D eigenvalue weighted by molar-refractivity contribution is 6.31. The predicted molar refractivity (Wildman–Crippen MR) is 194 cm³/mol. The average Bonchev–Trinajstić information content (AvgIpc) is 3.51. The van der Waals surface area contributed by atoms with Crippen molar-refractivity contribution >= 4 is 54.3 Å². The van der Waals surface area contributed by atoms with Crippen LogP contribution in [0, 0.1) is 0 Å². The second-order valence-corrected chi connectivity index (χ2v) is 12.3. The van der Waals surface area contributed by atoms with Crippen molar-refractivity contribution in [2.75, 3.05) is 0 Å². The molecule has 1 aromatic heterocycles. The summed E-state index contributed by atoms with van der Waals surface area (Å²) >= 11 is 0. The van der Waals surface area contributed by atoms with Gasteiger partial charge in [0.15, 0.2) is 23.0 Å². The number of benzene rings is 8. The third-order valence-electron chi connectivity index (χ3n) is 9.58. The van der Waals surface area contributed by atoms with E-state index >= 15 is 0 Å². The first-order valence-corrected chi connectivity index (χ1v) is 15.8. The molecule has 0 aliphatic heterocycles. The molecule has 9 rings (SSSR count). The molecule has 8 aromatic carbocycles. The van der Waals surface area contributed by atoms with E-state index < -0.39 is 40.2 Å². The molecule has 1 heterocycles. The maximum Gasteiger partial charge on any atom is 0.204 e. The number of rotatable bonds is 3. The van der Waals surface area contributed by atoms with Gasteiger partial charge in [0.2, 0.25) is 17.2 Å². The number of phenolic OH excluding ortho intramolecular Hbond substituents is 7. The first kappa shape index (κ1) is 29.1. The summed E-state index contributed by atoms with van der Waals surface area (Å²) in [5.41, 5.74) is 3.75. The minimum Gasteiger partial charge on any atom is -0.504 e. The Morgan fingerprint density at radius 1 is 0.360 bits per heavy atom. The van der Waals surface area contributed by atoms with E-state index in [0.717, 1.165) is 21.7 Å². The third kappa shape index (κ3) is 3.93. The van der Waals surface area contributed by atoms with Gasteiger partial charge >= 0.3 is 0 Å². The summed E-state index contributed by atoms with van der Waals surface area (Å²) < 4.78 is 6.33. The predicted octanol–water partition coefficient (Wildman–Crippen LogP) is 9.99. The molecule has 0 aliphatic carbocycles. The molecule has 0 saturated carbocycles. The monoisotopic (exact) mass is 658 g/mol. The Balaban J connectivity index is 1.56. The zero-order chi connectivity index (χ0) is 34.4. The smallest absolute Gasteiger partial charge is 0.204 e. The van der Waals surface area contributed by atoms with E-state index in [1.54, 1.807) is 30.3 Å². The molecule has 8 heteroatoms. The van der Waals surface area contributed by atoms with Gasteiger partial charge in [-0.1, -0.05) is 91.0 Å². The van der Waals surface area contributed by atoms with Crippen molar-refractivity contribution in [2.24, 2.45) is 0 Å². The van der Waals surface area contributed by atoms with Crippen molar-refractivity contribution in [1.29, 1.82) is 0 Å². The number of furan rings is 1. The number of phenols is 7. The first-order chi connectivity index (χ1) is 24.2. The molecule has 7 N–H and O–H groups in total. The highest BCUT2D eigenvalue weighted by Gasteiger charge is 2.31. The van der Waals surface area contributed by atoms with Crippen LogP contribution in [-0.4, -0.2) is 35.7 Å². The van der Waals surface area contributed by atoms with Crippen LogP contribution in [0.25, 0.3) is 87.6 Å². The van der Waals surface area contributed by atoms with E-state index in [9.17, 15) is 35.7 Å². The van der Waals surface area contributed by atoms with E-state index in [1.165, 1.54) is 6.07 Å². The fourth-order valence-corrected chi connectivity index (χ4v) is 7.38. The van der Waals surface area contributed by atoms with Crippen molar-refractivity contribution < 1.29 is 40.2 Å². The van der Waals surface area contributed by atoms with Crippen LogP contribution in [0.5, 0.6) is 40.2 Å². The lowest BCUT2D eigenvalue weighted by molar-refractivity contribution is 0.351. The fourth-order valence-electron chi connectivity index (χ4n) is 7.38. The largest absolute Gasteiger partial charge is 0.504 e. The Hall–Kier alpha value is -7.06. The molecule has 0 bridgehead atoms. The lowest BCUT2D eigenvalue weighted by Gasteiger charge is -2.23. The topological polar surface area (TPSA) is 155 Å². The van der Waals surface area contributed by atoms with Gasteiger partial charge < -0.3 is 40.2 Å². The Morgan fingerprint density at radius 2 is 0.940 bits per heavy atom. The lowest BCUT2D eigenvalue weighted by Crippen LogP contribution is -1.95. The maximum atomic E-state index is 11.8. The summed E-state index contributed by atoms with van der Waals surface area (Å²) in [5, 5.41) is 82.5. The highest BCUT2D eigenvalue weighted by atomic mass is 16.3. The van der Waals surface area contributed by atoms with Gasteiger partial charge in [-0.15, -0.1) is 0 Å². The zero-order valence-corrected chi connectivity index (χ0v) is 26.0. The number of aromatic hydroxyl groups is 7. The van der Waals surface area contributed by atoms with Crippen molar-refractivity contribution in [2.45, 2.75) is 0 Å². The fraction of sp³-hybridized carbons (Fsp3) is 0. The first-order valence-electron chi connectivity index (χ1n) is 15.8. The molecule has 242 valence electrons. The van der Waals surface area contributed by atoms with Gasteiger partial charge in [0.1, 0.15) is 11.2 Å². The van der Waals surface area contributed by atoms with E-state index in [0.29, 0.717) is 33.2 Å². The molecular formula is C42H26O8. The van der Waals surface area contributed by atoms with E-state index in [2.05, 4.69) is 0 Å². The van der Waals surface area contributed by atoms with Crippen LogP contribution < -0.4 is 0 Å². The van der Waals surface area contributed by atoms with Gasteiger partial charge in [-0.25, -0.2) is 0 Å². The van der Waals surface area contributed by atoms with Crippen LogP contribution in [0.15, 0.2) is 120 Å². The summed E-state index contributed by atoms with van der Waals surface area (Å²) in [6.45, 7) is 0. The normalized spacial score (nSPS) is 11.8. The Kier molecular flexibility index (Phi) is 6.09. The summed E-state index contributed by atoms with van der Waals surface area (Å²) in [5.74, 6) is -5.57. The number of hydrogen-bond donors (Lipinski definition) is 7. The summed E-state index contributed by atoms with van der Waals surface area (Å²) in [6.07, 6.45) is 0. The number of fused-ring (bicyclic) bond motifs is 6. The molecule has 0 unspecified atom stereocenters. The molecule has 0 spiro atoms. The molecule has 9 aromatic rings. The van der Waals surface area contributed by atoms with E-state index in [-0.39, 0.29) is 32.7 Å². The zero-order valence-electron chi connectivity index (χ0n) is 26.0. The molecule has 8 nitrogen and oxygen atoms in total. The van der Waals surface area contributed by atoms with Crippen molar-refractivity contribution in [3.8, 4) is 73.6 Å². The second kappa shape index (κ2) is 10.5. The maximum absolute atomic E-state index is 11.8. The van der Waals surface area contributed by atoms with Gasteiger partial charge in [-0.05, 0) is 62.7 Å². The van der Waals surface area contributed by atoms with Crippen LogP contribution >= 0.6 is 0 Å². The van der Waals surface area contributed by atoms with Gasteiger partial charge in [-0.3, -0.25) is 0 Å². The summed E-state index contributed by atoms with van der Waals surface area (Å²) in [4.78, 5) is 0. The average molecular weight is 659 g/mol. The standard InChI is InChI=1S/C42H26O8/c43-28-19-27-32(25-15-8-16-29-31(25)26-17-21-11-4-5-12-22(21)18-30(26)50-29)35-36(40(47)42(49)41(48)39(35)46)33(34(27)38(45)37(28)44)24-14-7-6-13-23(24)20-9-2-1-3-10-20/h1-19,43-49H. The van der Waals surface area contributed by atoms with Crippen molar-refractivity contribution in [3.05, 3.63) is 115 Å². The lowest BCUT2D eigenvalue weighted by atomic mass is 9.81. The summed E-state index contributed by atoms with van der Waals surface area (Å²) in [7, 11) is 0. The molecule has 0 atom stereocenters. The van der Waals surface area contributed by atoms with Gasteiger partial charge in [0, 0.05) is 38.1 Å². The molecular weight excluding hydrogens is 632 g/mol. The Bertz CT molecular complexity index is 2890. The highest BCUT2D eigenvalue weighted by Crippen LogP contribution is 2.60. The minimum atomic E-state index is -0.973. The molecule has 0 fully saturated rings. The second-order valence-electron chi connectivity index (χ2n) is 12.3. The Morgan fingerprint density at radius 3 is 1.66 bits per heavy atom.